The minimum absolute atomic E-state index is 0.0165. The van der Waals surface area contributed by atoms with Crippen LogP contribution in [0.2, 0.25) is 0 Å². The first kappa shape index (κ1) is 20.0. The number of amidine groups is 1. The van der Waals surface area contributed by atoms with Crippen LogP contribution in [0.4, 0.5) is 5.69 Å². The number of amides is 1. The number of rotatable bonds is 4. The summed E-state index contributed by atoms with van der Waals surface area (Å²) >= 11 is 3.13. The fraction of sp³-hybridized carbons (Fsp3) is 0.120. The van der Waals surface area contributed by atoms with Crippen molar-refractivity contribution in [2.45, 2.75) is 18.0 Å². The van der Waals surface area contributed by atoms with E-state index in [0.29, 0.717) is 13.1 Å². The second-order valence-corrected chi connectivity index (χ2v) is 9.33. The molecule has 3 aromatic rings. The normalized spacial score (nSPS) is 19.4. The second kappa shape index (κ2) is 8.65. The molecule has 154 valence electrons. The van der Waals surface area contributed by atoms with Gasteiger partial charge < -0.3 is 4.90 Å². The third kappa shape index (κ3) is 4.01. The van der Waals surface area contributed by atoms with Crippen LogP contribution in [0, 0.1) is 0 Å². The first-order valence-electron chi connectivity index (χ1n) is 10.1. The van der Waals surface area contributed by atoms with Gasteiger partial charge in [0.2, 0.25) is 0 Å². The molecule has 2 aliphatic heterocycles. The van der Waals surface area contributed by atoms with Gasteiger partial charge in [0, 0.05) is 11.9 Å². The van der Waals surface area contributed by atoms with E-state index in [-0.39, 0.29) is 5.91 Å². The van der Waals surface area contributed by atoms with E-state index in [2.05, 4.69) is 29.2 Å². The summed E-state index contributed by atoms with van der Waals surface area (Å²) in [7, 11) is 2.02. The minimum atomic E-state index is 0.0165. The average molecular weight is 444 g/mol. The number of hydrogen-bond donors (Lipinski definition) is 0. The highest BCUT2D eigenvalue weighted by Gasteiger charge is 2.38. The summed E-state index contributed by atoms with van der Waals surface area (Å²) < 4.78 is 0. The molecule has 0 bridgehead atoms. The van der Waals surface area contributed by atoms with Crippen molar-refractivity contribution < 1.29 is 4.79 Å². The number of fused-ring (bicyclic) bond motifs is 1. The Kier molecular flexibility index (Phi) is 5.57. The van der Waals surface area contributed by atoms with Gasteiger partial charge in [0.05, 0.1) is 23.8 Å². The molecule has 2 heterocycles. The molecule has 31 heavy (non-hydrogen) atoms. The maximum atomic E-state index is 13.5. The smallest absolute Gasteiger partial charge is 0.269 e. The molecule has 0 aromatic heterocycles. The second-order valence-electron chi connectivity index (χ2n) is 7.33. The van der Waals surface area contributed by atoms with Crippen molar-refractivity contribution in [3.8, 4) is 0 Å². The zero-order valence-corrected chi connectivity index (χ0v) is 18.7. The predicted molar refractivity (Wildman–Crippen MR) is 130 cm³/mol. The summed E-state index contributed by atoms with van der Waals surface area (Å²) in [6.07, 6.45) is 0. The van der Waals surface area contributed by atoms with Crippen LogP contribution < -0.4 is 4.90 Å². The van der Waals surface area contributed by atoms with Gasteiger partial charge >= 0.3 is 0 Å². The van der Waals surface area contributed by atoms with Gasteiger partial charge in [-0.25, -0.2) is 0 Å². The Labute approximate surface area is 190 Å². The Bertz CT molecular complexity index is 1180. The lowest BCUT2D eigenvalue weighted by atomic mass is 10.2. The molecular weight excluding hydrogens is 422 g/mol. The first-order chi connectivity index (χ1) is 15.2. The Morgan fingerprint density at radius 2 is 1.45 bits per heavy atom. The Morgan fingerprint density at radius 3 is 2.16 bits per heavy atom. The van der Waals surface area contributed by atoms with Gasteiger partial charge in [0.1, 0.15) is 4.91 Å². The number of hydrogen-bond acceptors (Lipinski definition) is 5. The van der Waals surface area contributed by atoms with Gasteiger partial charge in [0.25, 0.3) is 5.91 Å². The molecule has 6 heteroatoms. The molecule has 2 aliphatic rings. The van der Waals surface area contributed by atoms with Crippen molar-refractivity contribution in [3.63, 3.8) is 0 Å². The summed E-state index contributed by atoms with van der Waals surface area (Å²) in [4.78, 5) is 24.2. The Morgan fingerprint density at radius 1 is 0.806 bits per heavy atom. The van der Waals surface area contributed by atoms with Crippen LogP contribution in [-0.4, -0.2) is 23.0 Å². The molecule has 0 N–H and O–H groups in total. The van der Waals surface area contributed by atoms with Crippen molar-refractivity contribution in [1.82, 2.24) is 4.90 Å². The number of anilines is 1. The van der Waals surface area contributed by atoms with Crippen LogP contribution >= 0.6 is 23.5 Å². The predicted octanol–water partition coefficient (Wildman–Crippen LogP) is 5.73. The van der Waals surface area contributed by atoms with Crippen molar-refractivity contribution in [2.24, 2.45) is 4.99 Å². The third-order valence-electron chi connectivity index (χ3n) is 5.22. The van der Waals surface area contributed by atoms with Crippen LogP contribution in [0.1, 0.15) is 11.1 Å². The molecule has 0 radical (unpaired) electrons. The maximum absolute atomic E-state index is 13.5. The molecule has 1 amide bonds. The number of para-hydroxylation sites is 1. The first-order valence-corrected chi connectivity index (χ1v) is 11.7. The summed E-state index contributed by atoms with van der Waals surface area (Å²) in [5.41, 5.74) is 3.35. The number of carbonyl (C=O) groups is 1. The highest BCUT2D eigenvalue weighted by molar-refractivity contribution is 8.19. The lowest BCUT2D eigenvalue weighted by Gasteiger charge is -2.17. The van der Waals surface area contributed by atoms with Crippen molar-refractivity contribution in [3.05, 3.63) is 106 Å². The zero-order valence-electron chi connectivity index (χ0n) is 17.1. The molecule has 5 rings (SSSR count). The van der Waals surface area contributed by atoms with Crippen molar-refractivity contribution >= 4 is 40.3 Å². The highest BCUT2D eigenvalue weighted by Crippen LogP contribution is 2.49. The van der Waals surface area contributed by atoms with Crippen molar-refractivity contribution in [1.29, 1.82) is 0 Å². The SMILES string of the molecule is CN1/C(=C2/SC(=NCc3ccccc3)N(Cc3ccccc3)C2=O)Sc2ccccc21. The van der Waals surface area contributed by atoms with Crippen LogP contribution in [0.25, 0.3) is 0 Å². The number of carbonyl (C=O) groups excluding carboxylic acids is 1. The fourth-order valence-corrected chi connectivity index (χ4v) is 5.92. The number of thioether (sulfide) groups is 2. The minimum Gasteiger partial charge on any atom is -0.337 e. The molecule has 3 aromatic carbocycles. The van der Waals surface area contributed by atoms with E-state index in [1.165, 1.54) is 16.7 Å². The van der Waals surface area contributed by atoms with Crippen LogP contribution in [0.15, 0.2) is 105 Å². The van der Waals surface area contributed by atoms with Gasteiger partial charge in [-0.15, -0.1) is 0 Å². The molecular formula is C25H21N3OS2. The lowest BCUT2D eigenvalue weighted by molar-refractivity contribution is -0.122. The topological polar surface area (TPSA) is 35.9 Å². The fourth-order valence-electron chi connectivity index (χ4n) is 3.60. The largest absolute Gasteiger partial charge is 0.337 e. The summed E-state index contributed by atoms with van der Waals surface area (Å²) in [5.74, 6) is 0.0165. The average Bonchev–Trinajstić information content (AvgIpc) is 3.31. The molecule has 0 aliphatic carbocycles. The summed E-state index contributed by atoms with van der Waals surface area (Å²) in [6.45, 7) is 1.06. The van der Waals surface area contributed by atoms with Crippen LogP contribution in [-0.2, 0) is 17.9 Å². The van der Waals surface area contributed by atoms with E-state index in [1.807, 2.05) is 72.6 Å². The summed E-state index contributed by atoms with van der Waals surface area (Å²) in [5, 5.41) is 1.73. The van der Waals surface area contributed by atoms with Gasteiger partial charge in [-0.1, -0.05) is 84.6 Å². The Balaban J connectivity index is 1.49. The molecule has 0 saturated carbocycles. The standard InChI is InChI=1S/C25H21N3OS2/c1-27-20-14-8-9-15-21(20)30-24(27)22-23(29)28(17-19-12-6-3-7-13-19)25(31-22)26-16-18-10-4-2-5-11-18/h2-15H,16-17H2,1H3/b24-22-,26-25?. The zero-order chi connectivity index (χ0) is 21.2. The molecule has 0 spiro atoms. The van der Waals surface area contributed by atoms with E-state index in [0.717, 1.165) is 31.9 Å². The molecule has 0 atom stereocenters. The van der Waals surface area contributed by atoms with E-state index >= 15 is 0 Å². The molecule has 1 fully saturated rings. The quantitative estimate of drug-likeness (QED) is 0.483. The highest BCUT2D eigenvalue weighted by atomic mass is 32.2. The van der Waals surface area contributed by atoms with E-state index in [4.69, 9.17) is 4.99 Å². The van der Waals surface area contributed by atoms with Gasteiger partial charge in [-0.3, -0.25) is 14.7 Å². The molecule has 1 saturated heterocycles. The molecule has 0 unspecified atom stereocenters. The lowest BCUT2D eigenvalue weighted by Crippen LogP contribution is -2.29. The number of benzene rings is 3. The maximum Gasteiger partial charge on any atom is 0.269 e. The van der Waals surface area contributed by atoms with Gasteiger partial charge in [0.15, 0.2) is 5.17 Å². The number of aliphatic imine (C=N–C) groups is 1. The monoisotopic (exact) mass is 443 g/mol. The van der Waals surface area contributed by atoms with Gasteiger partial charge in [-0.05, 0) is 35.0 Å². The van der Waals surface area contributed by atoms with E-state index in [9.17, 15) is 4.79 Å². The van der Waals surface area contributed by atoms with Crippen molar-refractivity contribution in [2.75, 3.05) is 11.9 Å². The van der Waals surface area contributed by atoms with Crippen LogP contribution in [0.5, 0.6) is 0 Å². The Hall–Kier alpha value is -2.96. The third-order valence-corrected chi connectivity index (χ3v) is 7.69. The van der Waals surface area contributed by atoms with Crippen LogP contribution in [0.3, 0.4) is 0 Å². The van der Waals surface area contributed by atoms with E-state index in [1.54, 1.807) is 11.8 Å². The number of nitrogens with zero attached hydrogens (tertiary/aromatic N) is 3. The summed E-state index contributed by atoms with van der Waals surface area (Å²) in [6, 6.07) is 28.5. The molecule has 4 nitrogen and oxygen atoms in total. The van der Waals surface area contributed by atoms with Gasteiger partial charge in [-0.2, -0.15) is 0 Å². The van der Waals surface area contributed by atoms with E-state index < -0.39 is 0 Å².